The summed E-state index contributed by atoms with van der Waals surface area (Å²) in [7, 11) is 0. The number of ether oxygens (including phenoxy) is 1. The highest BCUT2D eigenvalue weighted by Crippen LogP contribution is 2.26. The van der Waals surface area contributed by atoms with E-state index in [0.717, 1.165) is 11.1 Å². The molecule has 29 heavy (non-hydrogen) atoms. The molecule has 0 aliphatic rings. The number of halogens is 1. The molecule has 0 bridgehead atoms. The fourth-order valence-corrected chi connectivity index (χ4v) is 3.15. The van der Waals surface area contributed by atoms with Crippen molar-refractivity contribution in [3.63, 3.8) is 0 Å². The summed E-state index contributed by atoms with van der Waals surface area (Å²) in [6, 6.07) is 23.0. The number of carbonyl (C=O) groups excluding carboxylic acids is 1. The van der Waals surface area contributed by atoms with E-state index in [0.29, 0.717) is 33.9 Å². The van der Waals surface area contributed by atoms with Crippen LogP contribution in [0.4, 0.5) is 0 Å². The van der Waals surface area contributed by atoms with Crippen LogP contribution in [0.1, 0.15) is 12.0 Å². The number of fused-ring (bicyclic) bond motifs is 1. The summed E-state index contributed by atoms with van der Waals surface area (Å²) in [5.74, 6) is 0.421. The van der Waals surface area contributed by atoms with Crippen molar-refractivity contribution in [3.05, 3.63) is 99.7 Å². The number of hydrogen-bond donors (Lipinski definition) is 0. The van der Waals surface area contributed by atoms with E-state index in [-0.39, 0.29) is 17.8 Å². The molecule has 1 heterocycles. The fraction of sp³-hybridized carbons (Fsp3) is 0.0833. The molecule has 4 nitrogen and oxygen atoms in total. The summed E-state index contributed by atoms with van der Waals surface area (Å²) in [5.41, 5.74) is 2.04. The van der Waals surface area contributed by atoms with Gasteiger partial charge in [-0.15, -0.1) is 0 Å². The zero-order chi connectivity index (χ0) is 20.2. The molecule has 1 aromatic heterocycles. The van der Waals surface area contributed by atoms with E-state index in [1.54, 1.807) is 36.4 Å². The van der Waals surface area contributed by atoms with E-state index >= 15 is 0 Å². The van der Waals surface area contributed by atoms with E-state index in [4.69, 9.17) is 20.8 Å². The molecule has 5 heteroatoms. The summed E-state index contributed by atoms with van der Waals surface area (Å²) < 4.78 is 11.2. The molecule has 0 N–H and O–H groups in total. The Bertz CT molecular complexity index is 1210. The fourth-order valence-electron chi connectivity index (χ4n) is 3.03. The van der Waals surface area contributed by atoms with Crippen molar-refractivity contribution < 1.29 is 13.9 Å². The van der Waals surface area contributed by atoms with Crippen LogP contribution in [-0.2, 0) is 11.2 Å². The molecule has 4 aromatic rings. The molecule has 0 atom stereocenters. The minimum absolute atomic E-state index is 0.210. The van der Waals surface area contributed by atoms with Gasteiger partial charge in [-0.1, -0.05) is 41.9 Å². The molecule has 0 saturated heterocycles. The third-order valence-corrected chi connectivity index (χ3v) is 4.77. The first-order chi connectivity index (χ1) is 14.1. The van der Waals surface area contributed by atoms with Crippen LogP contribution in [0.25, 0.3) is 22.3 Å². The first-order valence-corrected chi connectivity index (χ1v) is 9.55. The predicted molar refractivity (Wildman–Crippen MR) is 113 cm³/mol. The van der Waals surface area contributed by atoms with Gasteiger partial charge in [0.05, 0.1) is 5.39 Å². The van der Waals surface area contributed by atoms with Crippen molar-refractivity contribution in [3.8, 4) is 17.1 Å². The number of hydrogen-bond acceptors (Lipinski definition) is 4. The van der Waals surface area contributed by atoms with Crippen LogP contribution >= 0.6 is 11.6 Å². The van der Waals surface area contributed by atoms with Crippen LogP contribution < -0.4 is 10.2 Å². The van der Waals surface area contributed by atoms with Gasteiger partial charge in [-0.2, -0.15) is 0 Å². The Balaban J connectivity index is 1.52. The van der Waals surface area contributed by atoms with Crippen LogP contribution in [-0.4, -0.2) is 5.97 Å². The number of esters is 1. The van der Waals surface area contributed by atoms with Crippen LogP contribution in [0, 0.1) is 0 Å². The smallest absolute Gasteiger partial charge is 0.311 e. The lowest BCUT2D eigenvalue weighted by Gasteiger charge is -2.07. The van der Waals surface area contributed by atoms with Gasteiger partial charge in [-0.3, -0.25) is 9.59 Å². The van der Waals surface area contributed by atoms with Crippen molar-refractivity contribution >= 4 is 28.5 Å². The first-order valence-electron chi connectivity index (χ1n) is 9.17. The minimum atomic E-state index is -0.352. The summed E-state index contributed by atoms with van der Waals surface area (Å²) >= 11 is 5.91. The van der Waals surface area contributed by atoms with E-state index in [9.17, 15) is 9.59 Å². The van der Waals surface area contributed by atoms with Gasteiger partial charge in [0.1, 0.15) is 17.1 Å². The second-order valence-corrected chi connectivity index (χ2v) is 7.04. The van der Waals surface area contributed by atoms with Gasteiger partial charge in [-0.05, 0) is 54.4 Å². The Hall–Kier alpha value is -3.37. The van der Waals surface area contributed by atoms with Gasteiger partial charge in [0.15, 0.2) is 5.43 Å². The maximum Gasteiger partial charge on any atom is 0.311 e. The molecule has 0 aliphatic heterocycles. The average molecular weight is 405 g/mol. The summed E-state index contributed by atoms with van der Waals surface area (Å²) in [5, 5.41) is 0.965. The highest BCUT2D eigenvalue weighted by molar-refractivity contribution is 6.30. The van der Waals surface area contributed by atoms with Crippen molar-refractivity contribution in [1.82, 2.24) is 0 Å². The van der Waals surface area contributed by atoms with Crippen LogP contribution in [0.2, 0.25) is 5.02 Å². The van der Waals surface area contributed by atoms with Crippen molar-refractivity contribution in [2.75, 3.05) is 0 Å². The highest BCUT2D eigenvalue weighted by atomic mass is 35.5. The summed E-state index contributed by atoms with van der Waals surface area (Å²) in [6.07, 6.45) is 0.853. The van der Waals surface area contributed by atoms with Crippen LogP contribution in [0.15, 0.2) is 88.1 Å². The standard InChI is InChI=1S/C24H17ClO4/c25-18-9-7-17(8-10-18)23-15-21(26)20-14-19(11-12-22(20)29-23)28-24(27)13-6-16-4-2-1-3-5-16/h1-5,7-12,14-15H,6,13H2. The van der Waals surface area contributed by atoms with Gasteiger partial charge in [0.25, 0.3) is 0 Å². The van der Waals surface area contributed by atoms with Crippen LogP contribution in [0.5, 0.6) is 5.75 Å². The Morgan fingerprint density at radius 3 is 2.45 bits per heavy atom. The SMILES string of the molecule is O=C(CCc1ccccc1)Oc1ccc2oc(-c3ccc(Cl)cc3)cc(=O)c2c1. The average Bonchev–Trinajstić information content (AvgIpc) is 2.74. The Kier molecular flexibility index (Phi) is 5.45. The van der Waals surface area contributed by atoms with Crippen molar-refractivity contribution in [2.45, 2.75) is 12.8 Å². The lowest BCUT2D eigenvalue weighted by atomic mass is 10.1. The van der Waals surface area contributed by atoms with E-state index in [2.05, 4.69) is 0 Å². The molecule has 3 aromatic carbocycles. The zero-order valence-corrected chi connectivity index (χ0v) is 16.2. The second kappa shape index (κ2) is 8.33. The van der Waals surface area contributed by atoms with Gasteiger partial charge in [0, 0.05) is 23.1 Å². The van der Waals surface area contributed by atoms with Gasteiger partial charge < -0.3 is 9.15 Å². The lowest BCUT2D eigenvalue weighted by Crippen LogP contribution is -2.09. The molecular weight excluding hydrogens is 388 g/mol. The zero-order valence-electron chi connectivity index (χ0n) is 15.4. The molecular formula is C24H17ClO4. The lowest BCUT2D eigenvalue weighted by molar-refractivity contribution is -0.134. The van der Waals surface area contributed by atoms with Gasteiger partial charge in [0.2, 0.25) is 0 Å². The number of aryl methyl sites for hydroxylation is 1. The van der Waals surface area contributed by atoms with Gasteiger partial charge in [-0.25, -0.2) is 0 Å². The Morgan fingerprint density at radius 1 is 0.931 bits per heavy atom. The Morgan fingerprint density at radius 2 is 1.69 bits per heavy atom. The number of rotatable bonds is 5. The van der Waals surface area contributed by atoms with E-state index in [1.807, 2.05) is 30.3 Å². The van der Waals surface area contributed by atoms with E-state index < -0.39 is 0 Å². The maximum absolute atomic E-state index is 12.6. The molecule has 4 rings (SSSR count). The second-order valence-electron chi connectivity index (χ2n) is 6.60. The maximum atomic E-state index is 12.6. The first kappa shape index (κ1) is 19.0. The highest BCUT2D eigenvalue weighted by Gasteiger charge is 2.11. The quantitative estimate of drug-likeness (QED) is 0.318. The summed E-state index contributed by atoms with van der Waals surface area (Å²) in [6.45, 7) is 0. The molecule has 0 saturated carbocycles. The molecule has 0 fully saturated rings. The monoisotopic (exact) mass is 404 g/mol. The summed E-state index contributed by atoms with van der Waals surface area (Å²) in [4.78, 5) is 24.7. The third kappa shape index (κ3) is 4.55. The number of benzene rings is 3. The Labute approximate surface area is 172 Å². The van der Waals surface area contributed by atoms with E-state index in [1.165, 1.54) is 12.1 Å². The predicted octanol–water partition coefficient (Wildman–Crippen LogP) is 5.65. The molecule has 0 spiro atoms. The van der Waals surface area contributed by atoms with Gasteiger partial charge >= 0.3 is 5.97 Å². The largest absolute Gasteiger partial charge is 0.456 e. The van der Waals surface area contributed by atoms with Crippen LogP contribution in [0.3, 0.4) is 0 Å². The number of carbonyl (C=O) groups is 1. The van der Waals surface area contributed by atoms with Crippen molar-refractivity contribution in [1.29, 1.82) is 0 Å². The topological polar surface area (TPSA) is 56.5 Å². The molecule has 0 aliphatic carbocycles. The molecule has 0 amide bonds. The molecule has 0 unspecified atom stereocenters. The molecule has 144 valence electrons. The molecule has 0 radical (unpaired) electrons. The third-order valence-electron chi connectivity index (χ3n) is 4.52. The normalized spacial score (nSPS) is 10.8. The van der Waals surface area contributed by atoms with Crippen molar-refractivity contribution in [2.24, 2.45) is 0 Å². The minimum Gasteiger partial charge on any atom is -0.456 e.